The van der Waals surface area contributed by atoms with E-state index in [1.165, 1.54) is 18.0 Å². The average Bonchev–Trinajstić information content (AvgIpc) is 3.36. The van der Waals surface area contributed by atoms with E-state index in [-0.39, 0.29) is 31.4 Å². The van der Waals surface area contributed by atoms with Crippen molar-refractivity contribution in [3.63, 3.8) is 0 Å². The van der Waals surface area contributed by atoms with Crippen LogP contribution < -0.4 is 19.1 Å². The molecule has 200 valence electrons. The third-order valence-electron chi connectivity index (χ3n) is 6.08. The van der Waals surface area contributed by atoms with Crippen LogP contribution in [0.4, 0.5) is 5.69 Å². The summed E-state index contributed by atoms with van der Waals surface area (Å²) in [6.45, 7) is -0.374. The zero-order valence-electron chi connectivity index (χ0n) is 21.0. The van der Waals surface area contributed by atoms with Gasteiger partial charge in [0.15, 0.2) is 11.5 Å². The molecule has 3 aromatic carbocycles. The fraction of sp³-hybridized carbons (Fsp3) is 0.259. The lowest BCUT2D eigenvalue weighted by atomic mass is 10.0. The molecule has 9 nitrogen and oxygen atoms in total. The number of halogens is 1. The molecule has 0 radical (unpaired) electrons. The monoisotopic (exact) mass is 601 g/mol. The van der Waals surface area contributed by atoms with Crippen molar-refractivity contribution in [3.8, 4) is 11.5 Å². The molecule has 38 heavy (non-hydrogen) atoms. The number of rotatable bonds is 10. The van der Waals surface area contributed by atoms with Crippen molar-refractivity contribution < 1.29 is 27.5 Å². The molecule has 0 aliphatic carbocycles. The highest BCUT2D eigenvalue weighted by Crippen LogP contribution is 2.36. The quantitative estimate of drug-likeness (QED) is 0.382. The van der Waals surface area contributed by atoms with Crippen molar-refractivity contribution in [1.82, 2.24) is 10.2 Å². The maximum absolute atomic E-state index is 13.9. The van der Waals surface area contributed by atoms with Crippen LogP contribution in [-0.2, 0) is 32.6 Å². The minimum atomic E-state index is -3.87. The van der Waals surface area contributed by atoms with Gasteiger partial charge < -0.3 is 19.7 Å². The molecule has 11 heteroatoms. The number of benzene rings is 3. The lowest BCUT2D eigenvalue weighted by Crippen LogP contribution is -2.52. The van der Waals surface area contributed by atoms with Crippen LogP contribution in [0.3, 0.4) is 0 Å². The van der Waals surface area contributed by atoms with Crippen LogP contribution >= 0.6 is 15.9 Å². The van der Waals surface area contributed by atoms with E-state index in [9.17, 15) is 18.0 Å². The molecule has 0 fully saturated rings. The van der Waals surface area contributed by atoms with Gasteiger partial charge in [0.1, 0.15) is 12.6 Å². The Bertz CT molecular complexity index is 1420. The molecular weight excluding hydrogens is 574 g/mol. The topological polar surface area (TPSA) is 105 Å². The van der Waals surface area contributed by atoms with E-state index in [1.54, 1.807) is 12.1 Å². The Hall–Kier alpha value is -3.57. The zero-order valence-corrected chi connectivity index (χ0v) is 23.4. The Kier molecular flexibility index (Phi) is 8.58. The van der Waals surface area contributed by atoms with Crippen LogP contribution in [0.1, 0.15) is 11.1 Å². The number of fused-ring (bicyclic) bond motifs is 1. The van der Waals surface area contributed by atoms with E-state index in [0.29, 0.717) is 11.5 Å². The first-order valence-electron chi connectivity index (χ1n) is 11.8. The van der Waals surface area contributed by atoms with Crippen molar-refractivity contribution in [2.45, 2.75) is 19.0 Å². The number of hydrogen-bond acceptors (Lipinski definition) is 6. The lowest BCUT2D eigenvalue weighted by Gasteiger charge is -2.33. The van der Waals surface area contributed by atoms with Crippen molar-refractivity contribution in [2.75, 3.05) is 30.9 Å². The Morgan fingerprint density at radius 2 is 1.68 bits per heavy atom. The van der Waals surface area contributed by atoms with Gasteiger partial charge >= 0.3 is 0 Å². The summed E-state index contributed by atoms with van der Waals surface area (Å²) in [7, 11) is -2.36. The van der Waals surface area contributed by atoms with E-state index in [2.05, 4.69) is 21.2 Å². The number of anilines is 1. The van der Waals surface area contributed by atoms with Crippen LogP contribution in [0.25, 0.3) is 0 Å². The summed E-state index contributed by atoms with van der Waals surface area (Å²) in [4.78, 5) is 28.5. The van der Waals surface area contributed by atoms with Gasteiger partial charge in [-0.2, -0.15) is 0 Å². The molecule has 0 aromatic heterocycles. The normalized spacial score (nSPS) is 13.0. The van der Waals surface area contributed by atoms with Gasteiger partial charge in [0.05, 0.1) is 11.9 Å². The summed E-state index contributed by atoms with van der Waals surface area (Å²) in [6.07, 6.45) is 1.28. The van der Waals surface area contributed by atoms with E-state index >= 15 is 0 Å². The van der Waals surface area contributed by atoms with Crippen LogP contribution in [-0.4, -0.2) is 57.8 Å². The second kappa shape index (κ2) is 11.9. The smallest absolute Gasteiger partial charge is 0.244 e. The van der Waals surface area contributed by atoms with Crippen LogP contribution in [0.15, 0.2) is 77.3 Å². The van der Waals surface area contributed by atoms with Crippen molar-refractivity contribution in [2.24, 2.45) is 0 Å². The number of carbonyl (C=O) groups is 2. The summed E-state index contributed by atoms with van der Waals surface area (Å²) in [5.74, 6) is -0.00181. The van der Waals surface area contributed by atoms with E-state index < -0.39 is 28.5 Å². The fourth-order valence-electron chi connectivity index (χ4n) is 4.21. The SMILES string of the molecule is CNC(=O)[C@@H](Cc1ccccc1)N(Cc1cccc(Br)c1)C(=O)CN(c1ccc2c(c1)OCO2)S(C)(=O)=O. The predicted octanol–water partition coefficient (Wildman–Crippen LogP) is 3.33. The number of amides is 2. The Labute approximate surface area is 230 Å². The first kappa shape index (κ1) is 27.5. The van der Waals surface area contributed by atoms with Crippen molar-refractivity contribution in [3.05, 3.63) is 88.4 Å². The third kappa shape index (κ3) is 6.65. The third-order valence-corrected chi connectivity index (χ3v) is 7.72. The van der Waals surface area contributed by atoms with Gasteiger partial charge in [0.25, 0.3) is 0 Å². The molecule has 3 aromatic rings. The van der Waals surface area contributed by atoms with E-state index in [1.807, 2.05) is 54.6 Å². The second-order valence-corrected chi connectivity index (χ2v) is 11.6. The van der Waals surface area contributed by atoms with E-state index in [0.717, 1.165) is 26.2 Å². The molecule has 1 atom stereocenters. The summed E-state index contributed by atoms with van der Waals surface area (Å²) in [5.41, 5.74) is 1.90. The molecule has 1 aliphatic rings. The number of sulfonamides is 1. The number of ether oxygens (including phenoxy) is 2. The van der Waals surface area contributed by atoms with Gasteiger partial charge in [-0.25, -0.2) is 8.42 Å². The van der Waals surface area contributed by atoms with Crippen molar-refractivity contribution >= 4 is 43.5 Å². The summed E-state index contributed by atoms with van der Waals surface area (Å²) < 4.78 is 38.2. The standard InChI is InChI=1S/C27H28BrN3O6S/c1-29-27(33)23(14-19-7-4-3-5-8-19)30(16-20-9-6-10-21(28)13-20)26(32)17-31(38(2,34)35)22-11-12-24-25(15-22)37-18-36-24/h3-13,15,23H,14,16-18H2,1-2H3,(H,29,33)/t23-/m1/s1. The Balaban J connectivity index is 1.71. The highest BCUT2D eigenvalue weighted by Gasteiger charge is 2.33. The summed E-state index contributed by atoms with van der Waals surface area (Å²) in [5, 5.41) is 2.66. The molecule has 0 spiro atoms. The molecule has 0 bridgehead atoms. The van der Waals surface area contributed by atoms with Crippen molar-refractivity contribution in [1.29, 1.82) is 0 Å². The minimum absolute atomic E-state index is 0.0320. The first-order chi connectivity index (χ1) is 18.2. The first-order valence-corrected chi connectivity index (χ1v) is 14.5. The summed E-state index contributed by atoms with van der Waals surface area (Å²) >= 11 is 3.45. The summed E-state index contributed by atoms with van der Waals surface area (Å²) in [6, 6.07) is 20.6. The number of nitrogens with zero attached hydrogens (tertiary/aromatic N) is 2. The minimum Gasteiger partial charge on any atom is -0.454 e. The lowest BCUT2D eigenvalue weighted by molar-refractivity contribution is -0.139. The Morgan fingerprint density at radius 3 is 2.37 bits per heavy atom. The average molecular weight is 603 g/mol. The predicted molar refractivity (Wildman–Crippen MR) is 147 cm³/mol. The molecule has 0 saturated carbocycles. The van der Waals surface area contributed by atoms with Gasteiger partial charge in [-0.15, -0.1) is 0 Å². The maximum Gasteiger partial charge on any atom is 0.244 e. The van der Waals surface area contributed by atoms with Crippen LogP contribution in [0, 0.1) is 0 Å². The molecular formula is C27H28BrN3O6S. The second-order valence-electron chi connectivity index (χ2n) is 8.78. The largest absolute Gasteiger partial charge is 0.454 e. The van der Waals surface area contributed by atoms with E-state index in [4.69, 9.17) is 9.47 Å². The fourth-order valence-corrected chi connectivity index (χ4v) is 5.49. The number of carbonyl (C=O) groups excluding carboxylic acids is 2. The molecule has 1 heterocycles. The van der Waals surface area contributed by atoms with Crippen LogP contribution in [0.5, 0.6) is 11.5 Å². The van der Waals surface area contributed by atoms with Gasteiger partial charge in [-0.3, -0.25) is 13.9 Å². The molecule has 1 aliphatic heterocycles. The van der Waals surface area contributed by atoms with Gasteiger partial charge in [-0.1, -0.05) is 58.4 Å². The maximum atomic E-state index is 13.9. The molecule has 1 N–H and O–H groups in total. The van der Waals surface area contributed by atoms with Gasteiger partial charge in [0, 0.05) is 30.6 Å². The van der Waals surface area contributed by atoms with Gasteiger partial charge in [0.2, 0.25) is 28.6 Å². The highest BCUT2D eigenvalue weighted by atomic mass is 79.9. The highest BCUT2D eigenvalue weighted by molar-refractivity contribution is 9.10. The number of nitrogens with one attached hydrogen (secondary N) is 1. The number of hydrogen-bond donors (Lipinski definition) is 1. The number of likely N-dealkylation sites (N-methyl/N-ethyl adjacent to an activating group) is 1. The molecule has 0 saturated heterocycles. The van der Waals surface area contributed by atoms with Crippen LogP contribution in [0.2, 0.25) is 0 Å². The van der Waals surface area contributed by atoms with Gasteiger partial charge in [-0.05, 0) is 35.4 Å². The zero-order chi connectivity index (χ0) is 27.3. The molecule has 2 amide bonds. The molecule has 0 unspecified atom stereocenters. The Morgan fingerprint density at radius 1 is 0.974 bits per heavy atom. The molecule has 4 rings (SSSR count).